The molecule has 0 aliphatic heterocycles. The molecule has 1 aromatic rings. The third-order valence-electron chi connectivity index (χ3n) is 5.46. The fourth-order valence-corrected chi connectivity index (χ4v) is 3.79. The Morgan fingerprint density at radius 3 is 2.35 bits per heavy atom. The lowest BCUT2D eigenvalue weighted by molar-refractivity contribution is -0.123. The summed E-state index contributed by atoms with van der Waals surface area (Å²) in [4.78, 5) is 14.8. The fourth-order valence-electron chi connectivity index (χ4n) is 3.79. The van der Waals surface area contributed by atoms with Gasteiger partial charge in [0.15, 0.2) is 0 Å². The summed E-state index contributed by atoms with van der Waals surface area (Å²) in [7, 11) is 1.73. The Hall–Kier alpha value is -0.900. The summed E-state index contributed by atoms with van der Waals surface area (Å²) in [6.07, 6.45) is 8.94. The van der Waals surface area contributed by atoms with Crippen LogP contribution in [0.3, 0.4) is 0 Å². The predicted molar refractivity (Wildman–Crippen MR) is 111 cm³/mol. The minimum atomic E-state index is 0. The second kappa shape index (κ2) is 13.3. The van der Waals surface area contributed by atoms with Gasteiger partial charge in [-0.25, -0.2) is 0 Å². The second-order valence-electron chi connectivity index (χ2n) is 7.34. The lowest BCUT2D eigenvalue weighted by Crippen LogP contribution is -2.28. The van der Waals surface area contributed by atoms with Gasteiger partial charge < -0.3 is 9.64 Å². The van der Waals surface area contributed by atoms with Crippen LogP contribution in [0.15, 0.2) is 24.3 Å². The summed E-state index contributed by atoms with van der Waals surface area (Å²) in [6, 6.07) is 8.71. The Kier molecular flexibility index (Phi) is 11.8. The molecule has 148 valence electrons. The van der Waals surface area contributed by atoms with Gasteiger partial charge in [0.2, 0.25) is 0 Å². The van der Waals surface area contributed by atoms with Gasteiger partial charge in [0, 0.05) is 26.0 Å². The van der Waals surface area contributed by atoms with E-state index in [1.54, 1.807) is 7.11 Å². The van der Waals surface area contributed by atoms with Crippen LogP contribution in [0.4, 0.5) is 0 Å². The van der Waals surface area contributed by atoms with Crippen molar-refractivity contribution in [3.63, 3.8) is 0 Å². The molecular weight excluding hydrogens is 346 g/mol. The number of Topliss-reactive ketones (excluding diaryl/α,β-unsaturated/α-hetero) is 1. The molecule has 26 heavy (non-hydrogen) atoms. The molecule has 1 aromatic carbocycles. The van der Waals surface area contributed by atoms with Crippen LogP contribution in [0.25, 0.3) is 0 Å². The van der Waals surface area contributed by atoms with Gasteiger partial charge in [-0.2, -0.15) is 0 Å². The summed E-state index contributed by atoms with van der Waals surface area (Å²) in [5, 5.41) is 0. The molecule has 3 nitrogen and oxygen atoms in total. The van der Waals surface area contributed by atoms with Crippen LogP contribution < -0.4 is 0 Å². The van der Waals surface area contributed by atoms with Gasteiger partial charge in [-0.05, 0) is 49.9 Å². The van der Waals surface area contributed by atoms with E-state index in [-0.39, 0.29) is 12.4 Å². The molecule has 4 heteroatoms. The largest absolute Gasteiger partial charge is 0.380 e. The van der Waals surface area contributed by atoms with Crippen LogP contribution in [0.1, 0.15) is 63.0 Å². The normalized spacial score (nSPS) is 15.0. The topological polar surface area (TPSA) is 29.5 Å². The molecular formula is C22H36ClNO2. The number of ketones is 1. The zero-order valence-corrected chi connectivity index (χ0v) is 17.4. The van der Waals surface area contributed by atoms with Gasteiger partial charge in [0.25, 0.3) is 0 Å². The molecule has 0 spiro atoms. The maximum atomic E-state index is 12.3. The van der Waals surface area contributed by atoms with Crippen molar-refractivity contribution >= 4 is 18.2 Å². The zero-order valence-electron chi connectivity index (χ0n) is 16.5. The van der Waals surface area contributed by atoms with Gasteiger partial charge in [-0.3, -0.25) is 4.79 Å². The highest BCUT2D eigenvalue weighted by atomic mass is 35.5. The lowest BCUT2D eigenvalue weighted by Gasteiger charge is -2.22. The highest BCUT2D eigenvalue weighted by Crippen LogP contribution is 2.25. The van der Waals surface area contributed by atoms with E-state index in [0.29, 0.717) is 18.3 Å². The highest BCUT2D eigenvalue weighted by molar-refractivity contribution is 5.85. The summed E-state index contributed by atoms with van der Waals surface area (Å²) in [6.45, 7) is 6.05. The van der Waals surface area contributed by atoms with Crippen LogP contribution in [0, 0.1) is 5.92 Å². The van der Waals surface area contributed by atoms with Gasteiger partial charge in [0.1, 0.15) is 5.78 Å². The molecule has 1 aliphatic carbocycles. The third kappa shape index (κ3) is 8.20. The van der Waals surface area contributed by atoms with E-state index in [1.165, 1.54) is 30.4 Å². The Balaban J connectivity index is 0.00000338. The Labute approximate surface area is 165 Å². The summed E-state index contributed by atoms with van der Waals surface area (Å²) >= 11 is 0. The molecule has 0 N–H and O–H groups in total. The molecule has 0 heterocycles. The van der Waals surface area contributed by atoms with Gasteiger partial charge >= 0.3 is 0 Å². The van der Waals surface area contributed by atoms with Gasteiger partial charge in [-0.15, -0.1) is 12.4 Å². The Morgan fingerprint density at radius 1 is 1.08 bits per heavy atom. The number of nitrogens with zero attached hydrogens (tertiary/aromatic N) is 1. The Bertz CT molecular complexity index is 497. The molecule has 2 rings (SSSR count). The van der Waals surface area contributed by atoms with Crippen molar-refractivity contribution in [3.8, 4) is 0 Å². The predicted octanol–water partition coefficient (Wildman–Crippen LogP) is 5.05. The SMILES string of the molecule is CCN(CCCC(=O)C1CCCCC1)CCc1ccc(COC)cc1.Cl. The molecule has 0 radical (unpaired) electrons. The standard InChI is InChI=1S/C22H35NO2.ClH/c1-3-23(16-7-10-22(24)21-8-5-4-6-9-21)17-15-19-11-13-20(14-12-19)18-25-2;/h11-14,21H,3-10,15-18H2,1-2H3;1H. The maximum Gasteiger partial charge on any atom is 0.136 e. The van der Waals surface area contributed by atoms with Crippen molar-refractivity contribution in [3.05, 3.63) is 35.4 Å². The first kappa shape index (κ1) is 23.1. The number of carbonyl (C=O) groups excluding carboxylic acids is 1. The molecule has 0 unspecified atom stereocenters. The summed E-state index contributed by atoms with van der Waals surface area (Å²) in [5.41, 5.74) is 2.59. The van der Waals surface area contributed by atoms with Crippen LogP contribution in [0.5, 0.6) is 0 Å². The van der Waals surface area contributed by atoms with E-state index < -0.39 is 0 Å². The van der Waals surface area contributed by atoms with Crippen LogP contribution >= 0.6 is 12.4 Å². The third-order valence-corrected chi connectivity index (χ3v) is 5.46. The zero-order chi connectivity index (χ0) is 17.9. The van der Waals surface area contributed by atoms with E-state index in [9.17, 15) is 4.79 Å². The van der Waals surface area contributed by atoms with Crippen molar-refractivity contribution in [1.82, 2.24) is 4.90 Å². The smallest absolute Gasteiger partial charge is 0.136 e. The van der Waals surface area contributed by atoms with E-state index in [1.807, 2.05) is 0 Å². The number of likely N-dealkylation sites (N-methyl/N-ethyl adjacent to an activating group) is 1. The number of rotatable bonds is 11. The van der Waals surface area contributed by atoms with Crippen LogP contribution in [0.2, 0.25) is 0 Å². The van der Waals surface area contributed by atoms with Crippen molar-refractivity contribution < 1.29 is 9.53 Å². The van der Waals surface area contributed by atoms with Crippen molar-refractivity contribution in [2.24, 2.45) is 5.92 Å². The van der Waals surface area contributed by atoms with E-state index >= 15 is 0 Å². The van der Waals surface area contributed by atoms with Crippen molar-refractivity contribution in [1.29, 1.82) is 0 Å². The quantitative estimate of drug-likeness (QED) is 0.537. The first-order valence-electron chi connectivity index (χ1n) is 10.0. The molecule has 0 bridgehead atoms. The number of benzene rings is 1. The average Bonchev–Trinajstić information content (AvgIpc) is 2.66. The van der Waals surface area contributed by atoms with Crippen molar-refractivity contribution in [2.45, 2.75) is 64.9 Å². The molecule has 1 saturated carbocycles. The van der Waals surface area contributed by atoms with Crippen molar-refractivity contribution in [2.75, 3.05) is 26.7 Å². The molecule has 0 amide bonds. The van der Waals surface area contributed by atoms with Crippen LogP contribution in [-0.4, -0.2) is 37.4 Å². The average molecular weight is 382 g/mol. The van der Waals surface area contributed by atoms with E-state index in [0.717, 1.165) is 51.7 Å². The minimum absolute atomic E-state index is 0. The lowest BCUT2D eigenvalue weighted by atomic mass is 9.85. The molecule has 1 fully saturated rings. The number of carbonyl (C=O) groups is 1. The highest BCUT2D eigenvalue weighted by Gasteiger charge is 2.20. The monoisotopic (exact) mass is 381 g/mol. The van der Waals surface area contributed by atoms with E-state index in [2.05, 4.69) is 36.1 Å². The number of hydrogen-bond acceptors (Lipinski definition) is 3. The van der Waals surface area contributed by atoms with Gasteiger partial charge in [-0.1, -0.05) is 50.5 Å². The van der Waals surface area contributed by atoms with Gasteiger partial charge in [0.05, 0.1) is 6.61 Å². The second-order valence-corrected chi connectivity index (χ2v) is 7.34. The molecule has 0 aromatic heterocycles. The summed E-state index contributed by atoms with van der Waals surface area (Å²) < 4.78 is 5.15. The first-order chi connectivity index (χ1) is 12.2. The van der Waals surface area contributed by atoms with E-state index in [4.69, 9.17) is 4.74 Å². The molecule has 1 aliphatic rings. The van der Waals surface area contributed by atoms with Crippen LogP contribution in [-0.2, 0) is 22.6 Å². The first-order valence-corrected chi connectivity index (χ1v) is 10.0. The Morgan fingerprint density at radius 2 is 1.73 bits per heavy atom. The molecule has 0 saturated heterocycles. The minimum Gasteiger partial charge on any atom is -0.380 e. The maximum absolute atomic E-state index is 12.3. The number of halogens is 1. The fraction of sp³-hybridized carbons (Fsp3) is 0.682. The number of methoxy groups -OCH3 is 1. The summed E-state index contributed by atoms with van der Waals surface area (Å²) in [5.74, 6) is 0.888. The molecule has 0 atom stereocenters. The number of ether oxygens (including phenoxy) is 1. The number of hydrogen-bond donors (Lipinski definition) is 0.